The number of halogens is 1. The lowest BCUT2D eigenvalue weighted by molar-refractivity contribution is 0.313. The van der Waals surface area contributed by atoms with Crippen molar-refractivity contribution >= 4 is 28.3 Å². The van der Waals surface area contributed by atoms with Crippen molar-refractivity contribution in [2.45, 2.75) is 0 Å². The summed E-state index contributed by atoms with van der Waals surface area (Å²) >= 11 is 2.34. The molecule has 0 bridgehead atoms. The van der Waals surface area contributed by atoms with Gasteiger partial charge in [0.1, 0.15) is 0 Å². The van der Waals surface area contributed by atoms with Crippen LogP contribution in [0.1, 0.15) is 0 Å². The third-order valence-corrected chi connectivity index (χ3v) is 4.63. The van der Waals surface area contributed by atoms with Crippen LogP contribution in [-0.2, 0) is 0 Å². The van der Waals surface area contributed by atoms with Gasteiger partial charge in [-0.3, -0.25) is 0 Å². The third kappa shape index (κ3) is 3.15. The summed E-state index contributed by atoms with van der Waals surface area (Å²) in [5.74, 6) is 0. The molecule has 20 heavy (non-hydrogen) atoms. The monoisotopic (exact) mass is 378 g/mol. The lowest BCUT2D eigenvalue weighted by atomic mass is 10.1. The fraction of sp³-hybridized carbons (Fsp3) is 0.294. The summed E-state index contributed by atoms with van der Waals surface area (Å²) < 4.78 is 1.28. The lowest BCUT2D eigenvalue weighted by Gasteiger charge is -2.34. The fourth-order valence-corrected chi connectivity index (χ4v) is 2.93. The highest BCUT2D eigenvalue weighted by Gasteiger charge is 2.13. The minimum atomic E-state index is 1.12. The minimum absolute atomic E-state index is 1.12. The molecule has 3 rings (SSSR count). The molecule has 1 heterocycles. The van der Waals surface area contributed by atoms with Crippen LogP contribution in [0.25, 0.3) is 11.1 Å². The SMILES string of the molecule is CN1CCN(c2ccc(-c3ccc(I)cc3)cc2)CC1. The normalized spacial score (nSPS) is 16.4. The number of rotatable bonds is 2. The zero-order valence-electron chi connectivity index (χ0n) is 11.7. The predicted octanol–water partition coefficient (Wildman–Crippen LogP) is 3.71. The Bertz CT molecular complexity index is 555. The molecule has 2 aromatic carbocycles. The van der Waals surface area contributed by atoms with Crippen LogP contribution in [-0.4, -0.2) is 38.1 Å². The van der Waals surface area contributed by atoms with E-state index < -0.39 is 0 Å². The van der Waals surface area contributed by atoms with E-state index in [2.05, 4.69) is 88.0 Å². The van der Waals surface area contributed by atoms with Crippen molar-refractivity contribution in [2.75, 3.05) is 38.1 Å². The molecular weight excluding hydrogens is 359 g/mol. The summed E-state index contributed by atoms with van der Waals surface area (Å²) in [5.41, 5.74) is 3.92. The van der Waals surface area contributed by atoms with Crippen molar-refractivity contribution in [1.82, 2.24) is 4.90 Å². The van der Waals surface area contributed by atoms with Gasteiger partial charge in [-0.05, 0) is 65.0 Å². The predicted molar refractivity (Wildman–Crippen MR) is 94.3 cm³/mol. The van der Waals surface area contributed by atoms with E-state index in [4.69, 9.17) is 0 Å². The second kappa shape index (κ2) is 6.14. The number of likely N-dealkylation sites (N-methyl/N-ethyl adjacent to an activating group) is 1. The van der Waals surface area contributed by atoms with Gasteiger partial charge in [0, 0.05) is 35.4 Å². The topological polar surface area (TPSA) is 6.48 Å². The number of piperazine rings is 1. The molecule has 0 atom stereocenters. The summed E-state index contributed by atoms with van der Waals surface area (Å²) in [6.07, 6.45) is 0. The van der Waals surface area contributed by atoms with Crippen LogP contribution in [0.4, 0.5) is 5.69 Å². The van der Waals surface area contributed by atoms with Gasteiger partial charge in [-0.1, -0.05) is 24.3 Å². The molecule has 0 unspecified atom stereocenters. The molecule has 0 spiro atoms. The number of hydrogen-bond acceptors (Lipinski definition) is 2. The van der Waals surface area contributed by atoms with Crippen molar-refractivity contribution in [2.24, 2.45) is 0 Å². The molecule has 104 valence electrons. The first-order chi connectivity index (χ1) is 9.72. The summed E-state index contributed by atoms with van der Waals surface area (Å²) in [7, 11) is 2.19. The van der Waals surface area contributed by atoms with E-state index in [0.29, 0.717) is 0 Å². The highest BCUT2D eigenvalue weighted by atomic mass is 127. The Labute approximate surface area is 134 Å². The standard InChI is InChI=1S/C17H19IN2/c1-19-10-12-20(13-11-19)17-8-4-15(5-9-17)14-2-6-16(18)7-3-14/h2-9H,10-13H2,1H3. The number of anilines is 1. The van der Waals surface area contributed by atoms with Gasteiger partial charge < -0.3 is 9.80 Å². The molecule has 0 radical (unpaired) electrons. The molecule has 0 aromatic heterocycles. The van der Waals surface area contributed by atoms with E-state index in [-0.39, 0.29) is 0 Å². The van der Waals surface area contributed by atoms with Crippen LogP contribution in [0.3, 0.4) is 0 Å². The highest BCUT2D eigenvalue weighted by Crippen LogP contribution is 2.24. The molecule has 1 aliphatic rings. The van der Waals surface area contributed by atoms with Gasteiger partial charge in [-0.15, -0.1) is 0 Å². The lowest BCUT2D eigenvalue weighted by Crippen LogP contribution is -2.44. The molecule has 0 N–H and O–H groups in total. The van der Waals surface area contributed by atoms with Crippen LogP contribution in [0.2, 0.25) is 0 Å². The van der Waals surface area contributed by atoms with Gasteiger partial charge in [0.25, 0.3) is 0 Å². The molecular formula is C17H19IN2. The average molecular weight is 378 g/mol. The largest absolute Gasteiger partial charge is 0.369 e. The van der Waals surface area contributed by atoms with Crippen molar-refractivity contribution in [1.29, 1.82) is 0 Å². The van der Waals surface area contributed by atoms with E-state index in [9.17, 15) is 0 Å². The quantitative estimate of drug-likeness (QED) is 0.736. The highest BCUT2D eigenvalue weighted by molar-refractivity contribution is 14.1. The van der Waals surface area contributed by atoms with E-state index in [1.807, 2.05) is 0 Å². The molecule has 0 saturated carbocycles. The molecule has 3 heteroatoms. The van der Waals surface area contributed by atoms with Crippen molar-refractivity contribution in [3.05, 3.63) is 52.1 Å². The van der Waals surface area contributed by atoms with Crippen LogP contribution >= 0.6 is 22.6 Å². The maximum atomic E-state index is 2.47. The first kappa shape index (κ1) is 13.9. The number of nitrogens with zero attached hydrogens (tertiary/aromatic N) is 2. The Morgan fingerprint density at radius 2 is 1.25 bits per heavy atom. The van der Waals surface area contributed by atoms with E-state index in [1.165, 1.54) is 20.4 Å². The molecule has 2 nitrogen and oxygen atoms in total. The van der Waals surface area contributed by atoms with Gasteiger partial charge in [0.2, 0.25) is 0 Å². The summed E-state index contributed by atoms with van der Waals surface area (Å²) in [6.45, 7) is 4.55. The molecule has 1 saturated heterocycles. The van der Waals surface area contributed by atoms with Crippen LogP contribution in [0.5, 0.6) is 0 Å². The van der Waals surface area contributed by atoms with Gasteiger partial charge in [-0.2, -0.15) is 0 Å². The summed E-state index contributed by atoms with van der Waals surface area (Å²) in [6, 6.07) is 17.6. The summed E-state index contributed by atoms with van der Waals surface area (Å²) in [4.78, 5) is 4.86. The molecule has 0 aliphatic carbocycles. The van der Waals surface area contributed by atoms with E-state index in [0.717, 1.165) is 26.2 Å². The zero-order valence-corrected chi connectivity index (χ0v) is 13.9. The Morgan fingerprint density at radius 1 is 0.750 bits per heavy atom. The van der Waals surface area contributed by atoms with Gasteiger partial charge >= 0.3 is 0 Å². The minimum Gasteiger partial charge on any atom is -0.369 e. The number of benzene rings is 2. The molecule has 0 amide bonds. The third-order valence-electron chi connectivity index (χ3n) is 3.91. The van der Waals surface area contributed by atoms with Gasteiger partial charge in [0.05, 0.1) is 0 Å². The Balaban J connectivity index is 1.76. The first-order valence-electron chi connectivity index (χ1n) is 7.02. The molecule has 1 aliphatic heterocycles. The van der Waals surface area contributed by atoms with Crippen molar-refractivity contribution in [3.8, 4) is 11.1 Å². The van der Waals surface area contributed by atoms with Gasteiger partial charge in [-0.25, -0.2) is 0 Å². The van der Waals surface area contributed by atoms with Gasteiger partial charge in [0.15, 0.2) is 0 Å². The van der Waals surface area contributed by atoms with Crippen LogP contribution in [0, 0.1) is 3.57 Å². The smallest absolute Gasteiger partial charge is 0.0367 e. The van der Waals surface area contributed by atoms with E-state index >= 15 is 0 Å². The Hall–Kier alpha value is -1.07. The second-order valence-corrected chi connectivity index (χ2v) is 6.59. The average Bonchev–Trinajstić information content (AvgIpc) is 2.49. The molecule has 2 aromatic rings. The summed E-state index contributed by atoms with van der Waals surface area (Å²) in [5, 5.41) is 0. The maximum Gasteiger partial charge on any atom is 0.0367 e. The first-order valence-corrected chi connectivity index (χ1v) is 8.10. The second-order valence-electron chi connectivity index (χ2n) is 5.34. The van der Waals surface area contributed by atoms with Crippen molar-refractivity contribution in [3.63, 3.8) is 0 Å². The van der Waals surface area contributed by atoms with Crippen molar-refractivity contribution < 1.29 is 0 Å². The zero-order chi connectivity index (χ0) is 13.9. The fourth-order valence-electron chi connectivity index (χ4n) is 2.57. The number of hydrogen-bond donors (Lipinski definition) is 0. The Morgan fingerprint density at radius 3 is 1.80 bits per heavy atom. The van der Waals surface area contributed by atoms with Crippen LogP contribution in [0.15, 0.2) is 48.5 Å². The van der Waals surface area contributed by atoms with E-state index in [1.54, 1.807) is 0 Å². The Kier molecular flexibility index (Phi) is 4.27. The molecule has 1 fully saturated rings. The van der Waals surface area contributed by atoms with Crippen LogP contribution < -0.4 is 4.90 Å². The maximum absolute atomic E-state index is 2.47.